The van der Waals surface area contributed by atoms with Crippen LogP contribution in [0.4, 0.5) is 0 Å². The maximum atomic E-state index is 13.2. The van der Waals surface area contributed by atoms with Gasteiger partial charge < -0.3 is 10.5 Å². The number of allylic oxidation sites excluding steroid dienone is 3. The highest BCUT2D eigenvalue weighted by Crippen LogP contribution is 2.47. The minimum atomic E-state index is -0.628. The maximum absolute atomic E-state index is 13.2. The number of Topliss-reactive ketones (excluding diaryl/α,β-unsaturated/α-hetero) is 1. The van der Waals surface area contributed by atoms with Crippen LogP contribution >= 0.6 is 34.8 Å². The zero-order valence-corrected chi connectivity index (χ0v) is 17.4. The van der Waals surface area contributed by atoms with E-state index < -0.39 is 5.92 Å². The Kier molecular flexibility index (Phi) is 5.31. The highest BCUT2D eigenvalue weighted by atomic mass is 35.5. The number of ether oxygens (including phenoxy) is 1. The fourth-order valence-electron chi connectivity index (χ4n) is 3.90. The van der Waals surface area contributed by atoms with Crippen molar-refractivity contribution in [3.8, 4) is 6.07 Å². The first-order valence-corrected chi connectivity index (χ1v) is 10.1. The number of hydrogen-bond acceptors (Lipinski definition) is 4. The van der Waals surface area contributed by atoms with Crippen LogP contribution in [0.5, 0.6) is 0 Å². The van der Waals surface area contributed by atoms with Gasteiger partial charge in [-0.05, 0) is 41.3 Å². The van der Waals surface area contributed by atoms with Gasteiger partial charge in [-0.3, -0.25) is 4.79 Å². The molecule has 7 heteroatoms. The molecule has 0 aromatic heterocycles. The van der Waals surface area contributed by atoms with Crippen molar-refractivity contribution in [1.29, 1.82) is 5.26 Å². The summed E-state index contributed by atoms with van der Waals surface area (Å²) in [6.07, 6.45) is 0.806. The van der Waals surface area contributed by atoms with Crippen LogP contribution in [0, 0.1) is 11.3 Å². The molecule has 0 fully saturated rings. The zero-order chi connectivity index (χ0) is 20.7. The van der Waals surface area contributed by atoms with Crippen LogP contribution in [0.2, 0.25) is 15.1 Å². The molecule has 0 saturated heterocycles. The number of benzene rings is 2. The molecular formula is C22H15Cl3N2O2. The number of rotatable bonds is 2. The summed E-state index contributed by atoms with van der Waals surface area (Å²) >= 11 is 18.2. The number of carbonyl (C=O) groups excluding carboxylic acids is 1. The summed E-state index contributed by atoms with van der Waals surface area (Å²) in [4.78, 5) is 13.2. The molecule has 2 aromatic carbocycles. The van der Waals surface area contributed by atoms with E-state index in [1.165, 1.54) is 0 Å². The number of nitrogens with zero attached hydrogens (tertiary/aromatic N) is 1. The predicted molar refractivity (Wildman–Crippen MR) is 113 cm³/mol. The molecule has 0 amide bonds. The molecule has 29 heavy (non-hydrogen) atoms. The third-order valence-corrected chi connectivity index (χ3v) is 6.27. The van der Waals surface area contributed by atoms with Crippen LogP contribution < -0.4 is 5.73 Å². The SMILES string of the molecule is N#CC1=C(N)OC2=C(C(=O)CC(c3ccc(Cl)cc3)C2)C1c1ccc(Cl)c(Cl)c1. The van der Waals surface area contributed by atoms with E-state index in [1.54, 1.807) is 30.3 Å². The predicted octanol–water partition coefficient (Wildman–Crippen LogP) is 5.86. The lowest BCUT2D eigenvalue weighted by Crippen LogP contribution is -2.29. The van der Waals surface area contributed by atoms with Crippen molar-refractivity contribution in [1.82, 2.24) is 0 Å². The van der Waals surface area contributed by atoms with Crippen LogP contribution in [0.15, 0.2) is 65.3 Å². The first-order valence-electron chi connectivity index (χ1n) is 8.93. The van der Waals surface area contributed by atoms with Gasteiger partial charge in [0.2, 0.25) is 5.88 Å². The highest BCUT2D eigenvalue weighted by molar-refractivity contribution is 6.42. The van der Waals surface area contributed by atoms with Crippen LogP contribution in [0.1, 0.15) is 35.8 Å². The lowest BCUT2D eigenvalue weighted by atomic mass is 9.73. The number of nitriles is 1. The Balaban J connectivity index is 1.79. The van der Waals surface area contributed by atoms with E-state index in [2.05, 4.69) is 6.07 Å². The molecule has 146 valence electrons. The summed E-state index contributed by atoms with van der Waals surface area (Å²) < 4.78 is 5.75. The van der Waals surface area contributed by atoms with Gasteiger partial charge in [-0.1, -0.05) is 53.0 Å². The highest BCUT2D eigenvalue weighted by Gasteiger charge is 2.41. The summed E-state index contributed by atoms with van der Waals surface area (Å²) in [5, 5.41) is 11.0. The average Bonchev–Trinajstić information content (AvgIpc) is 2.69. The molecule has 2 atom stereocenters. The zero-order valence-electron chi connectivity index (χ0n) is 15.1. The molecule has 0 radical (unpaired) electrons. The minimum absolute atomic E-state index is 0.00637. The van der Waals surface area contributed by atoms with Crippen molar-refractivity contribution in [3.05, 3.63) is 91.4 Å². The number of nitrogens with two attached hydrogens (primary N) is 1. The topological polar surface area (TPSA) is 76.1 Å². The number of ketones is 1. The van der Waals surface area contributed by atoms with Crippen molar-refractivity contribution in [2.45, 2.75) is 24.7 Å². The molecule has 2 aliphatic rings. The lowest BCUT2D eigenvalue weighted by molar-refractivity contribution is -0.117. The third-order valence-electron chi connectivity index (χ3n) is 5.28. The summed E-state index contributed by atoms with van der Waals surface area (Å²) in [6, 6.07) is 14.6. The Morgan fingerprint density at radius 2 is 1.69 bits per heavy atom. The summed E-state index contributed by atoms with van der Waals surface area (Å²) in [7, 11) is 0. The van der Waals surface area contributed by atoms with E-state index in [0.717, 1.165) is 5.56 Å². The van der Waals surface area contributed by atoms with Crippen molar-refractivity contribution >= 4 is 40.6 Å². The van der Waals surface area contributed by atoms with Gasteiger partial charge in [0.15, 0.2) is 5.78 Å². The molecule has 4 rings (SSSR count). The average molecular weight is 446 g/mol. The van der Waals surface area contributed by atoms with Gasteiger partial charge in [-0.2, -0.15) is 5.26 Å². The quantitative estimate of drug-likeness (QED) is 0.628. The molecule has 2 unspecified atom stereocenters. The Morgan fingerprint density at radius 3 is 2.34 bits per heavy atom. The Hall–Kier alpha value is -2.45. The normalized spacial score (nSPS) is 21.5. The van der Waals surface area contributed by atoms with Crippen LogP contribution in [0.3, 0.4) is 0 Å². The fraction of sp³-hybridized carbons (Fsp3) is 0.182. The molecule has 2 N–H and O–H groups in total. The van der Waals surface area contributed by atoms with Crippen molar-refractivity contribution in [2.24, 2.45) is 5.73 Å². The standard InChI is InChI=1S/C22H15Cl3N2O2/c23-14-4-1-11(2-5-14)13-8-18(28)21-19(9-13)29-22(27)15(10-26)20(21)12-3-6-16(24)17(25)7-12/h1-7,13,20H,8-9,27H2. The molecule has 1 aliphatic carbocycles. The van der Waals surface area contributed by atoms with E-state index in [1.807, 2.05) is 12.1 Å². The Bertz CT molecular complexity index is 1110. The first kappa shape index (κ1) is 19.8. The lowest BCUT2D eigenvalue weighted by Gasteiger charge is -2.34. The maximum Gasteiger partial charge on any atom is 0.205 e. The molecule has 1 aliphatic heterocycles. The molecule has 1 heterocycles. The van der Waals surface area contributed by atoms with Crippen molar-refractivity contribution in [2.75, 3.05) is 0 Å². The summed E-state index contributed by atoms with van der Waals surface area (Å²) in [5.74, 6) is -0.259. The third kappa shape index (κ3) is 3.62. The van der Waals surface area contributed by atoms with E-state index >= 15 is 0 Å². The van der Waals surface area contributed by atoms with Gasteiger partial charge in [0.05, 0.1) is 16.0 Å². The van der Waals surface area contributed by atoms with Gasteiger partial charge in [-0.25, -0.2) is 0 Å². The van der Waals surface area contributed by atoms with Crippen LogP contribution in [-0.2, 0) is 9.53 Å². The van der Waals surface area contributed by atoms with E-state index in [-0.39, 0.29) is 23.2 Å². The fourth-order valence-corrected chi connectivity index (χ4v) is 4.34. The molecule has 0 saturated carbocycles. The summed E-state index contributed by atoms with van der Waals surface area (Å²) in [5.41, 5.74) is 8.38. The van der Waals surface area contributed by atoms with Gasteiger partial charge in [-0.15, -0.1) is 0 Å². The number of halogens is 3. The van der Waals surface area contributed by atoms with E-state index in [4.69, 9.17) is 45.3 Å². The van der Waals surface area contributed by atoms with Crippen LogP contribution in [-0.4, -0.2) is 5.78 Å². The van der Waals surface area contributed by atoms with E-state index in [0.29, 0.717) is 44.8 Å². The second kappa shape index (κ2) is 7.76. The molecule has 0 bridgehead atoms. The minimum Gasteiger partial charge on any atom is -0.444 e. The second-order valence-corrected chi connectivity index (χ2v) is 8.27. The van der Waals surface area contributed by atoms with Crippen molar-refractivity contribution < 1.29 is 9.53 Å². The second-order valence-electron chi connectivity index (χ2n) is 7.02. The van der Waals surface area contributed by atoms with Gasteiger partial charge >= 0.3 is 0 Å². The Labute approximate surface area is 183 Å². The largest absolute Gasteiger partial charge is 0.444 e. The molecule has 2 aromatic rings. The molecule has 4 nitrogen and oxygen atoms in total. The Morgan fingerprint density at radius 1 is 1.00 bits per heavy atom. The van der Waals surface area contributed by atoms with Gasteiger partial charge in [0.1, 0.15) is 17.4 Å². The van der Waals surface area contributed by atoms with Crippen LogP contribution in [0.25, 0.3) is 0 Å². The number of hydrogen-bond donors (Lipinski definition) is 1. The molecular weight excluding hydrogens is 431 g/mol. The van der Waals surface area contributed by atoms with Gasteiger partial charge in [0.25, 0.3) is 0 Å². The first-order chi connectivity index (χ1) is 13.9. The van der Waals surface area contributed by atoms with E-state index in [9.17, 15) is 10.1 Å². The van der Waals surface area contributed by atoms with Gasteiger partial charge in [0, 0.05) is 23.4 Å². The number of carbonyl (C=O) groups is 1. The summed E-state index contributed by atoms with van der Waals surface area (Å²) in [6.45, 7) is 0. The molecule has 0 spiro atoms. The van der Waals surface area contributed by atoms with Crippen molar-refractivity contribution in [3.63, 3.8) is 0 Å². The smallest absolute Gasteiger partial charge is 0.205 e. The monoisotopic (exact) mass is 444 g/mol.